The van der Waals surface area contributed by atoms with Crippen molar-refractivity contribution in [2.24, 2.45) is 0 Å². The molecule has 3 heterocycles. The van der Waals surface area contributed by atoms with E-state index in [-0.39, 0.29) is 5.88 Å². The Kier molecular flexibility index (Phi) is 3.00. The van der Waals surface area contributed by atoms with E-state index in [2.05, 4.69) is 24.7 Å². The van der Waals surface area contributed by atoms with E-state index >= 15 is 0 Å². The summed E-state index contributed by atoms with van der Waals surface area (Å²) in [6.07, 6.45) is 2.63. The molecule has 0 spiro atoms. The Bertz CT molecular complexity index is 1180. The molecular weight excluding hydrogens is 330 g/mol. The number of rotatable bonds is 3. The third-order valence-electron chi connectivity index (χ3n) is 3.62. The number of hydrogen-bond donors (Lipinski definition) is 4. The van der Waals surface area contributed by atoms with Crippen molar-refractivity contribution < 1.29 is 13.5 Å². The van der Waals surface area contributed by atoms with Gasteiger partial charge >= 0.3 is 0 Å². The smallest absolute Gasteiger partial charge is 0.229 e. The summed E-state index contributed by atoms with van der Waals surface area (Å²) in [5.41, 5.74) is 3.43. The van der Waals surface area contributed by atoms with E-state index in [4.69, 9.17) is 0 Å². The number of nitrogens with zero attached hydrogens (tertiary/aromatic N) is 2. The third-order valence-corrected chi connectivity index (χ3v) is 4.23. The molecule has 0 saturated carbocycles. The van der Waals surface area contributed by atoms with Gasteiger partial charge < -0.3 is 15.1 Å². The number of pyridine rings is 1. The standard InChI is InChI=1S/C15H13N5O3S/c1-24(22,23)20-8-2-3-10-9(6-8)13(15(21)19-10)11-4-5-12-14(18-11)17-7-16-12/h2-7,19-21H,1H3,(H,16,17,18). The first kappa shape index (κ1) is 14.5. The Morgan fingerprint density at radius 2 is 1.96 bits per heavy atom. The van der Waals surface area contributed by atoms with E-state index in [9.17, 15) is 13.5 Å². The Morgan fingerprint density at radius 3 is 2.75 bits per heavy atom. The molecule has 0 amide bonds. The molecule has 0 bridgehead atoms. The average molecular weight is 343 g/mol. The van der Waals surface area contributed by atoms with Crippen LogP contribution in [-0.2, 0) is 10.0 Å². The molecule has 0 unspecified atom stereocenters. The molecule has 0 aliphatic carbocycles. The van der Waals surface area contributed by atoms with E-state index in [0.717, 1.165) is 11.8 Å². The number of aromatic hydroxyl groups is 1. The Labute approximate surface area is 136 Å². The molecule has 24 heavy (non-hydrogen) atoms. The summed E-state index contributed by atoms with van der Waals surface area (Å²) < 4.78 is 25.3. The van der Waals surface area contributed by atoms with Crippen molar-refractivity contribution in [3.8, 4) is 17.1 Å². The summed E-state index contributed by atoms with van der Waals surface area (Å²) in [6.45, 7) is 0. The average Bonchev–Trinajstić information content (AvgIpc) is 3.07. The molecule has 4 rings (SSSR count). The quantitative estimate of drug-likeness (QED) is 0.454. The van der Waals surface area contributed by atoms with Crippen molar-refractivity contribution in [3.05, 3.63) is 36.7 Å². The zero-order valence-corrected chi connectivity index (χ0v) is 13.3. The van der Waals surface area contributed by atoms with E-state index in [1.165, 1.54) is 0 Å². The molecule has 0 aliphatic rings. The fraction of sp³-hybridized carbons (Fsp3) is 0.0667. The third kappa shape index (κ3) is 2.44. The number of aromatic nitrogens is 4. The predicted molar refractivity (Wildman–Crippen MR) is 91.3 cm³/mol. The first-order valence-corrected chi connectivity index (χ1v) is 8.93. The normalized spacial score (nSPS) is 12.0. The second-order valence-corrected chi connectivity index (χ2v) is 7.20. The summed E-state index contributed by atoms with van der Waals surface area (Å²) in [7, 11) is -3.39. The molecule has 0 aliphatic heterocycles. The van der Waals surface area contributed by atoms with Gasteiger partial charge in [0.1, 0.15) is 0 Å². The molecule has 0 atom stereocenters. The lowest BCUT2D eigenvalue weighted by Crippen LogP contribution is -2.09. The van der Waals surface area contributed by atoms with Crippen LogP contribution in [0.5, 0.6) is 5.88 Å². The monoisotopic (exact) mass is 343 g/mol. The molecule has 9 heteroatoms. The van der Waals surface area contributed by atoms with E-state index < -0.39 is 10.0 Å². The van der Waals surface area contributed by atoms with Gasteiger partial charge in [0, 0.05) is 16.6 Å². The zero-order valence-electron chi connectivity index (χ0n) is 12.5. The molecule has 8 nitrogen and oxygen atoms in total. The maximum absolute atomic E-state index is 11.4. The van der Waals surface area contributed by atoms with Gasteiger partial charge in [0.05, 0.1) is 29.4 Å². The molecule has 4 aromatic rings. The van der Waals surface area contributed by atoms with Crippen molar-refractivity contribution in [2.75, 3.05) is 11.0 Å². The number of H-pyrrole nitrogens is 2. The van der Waals surface area contributed by atoms with Crippen molar-refractivity contribution in [2.45, 2.75) is 0 Å². The second kappa shape index (κ2) is 4.96. The number of benzene rings is 1. The number of nitrogens with one attached hydrogen (secondary N) is 3. The van der Waals surface area contributed by atoms with Gasteiger partial charge in [0.25, 0.3) is 0 Å². The highest BCUT2D eigenvalue weighted by Gasteiger charge is 2.16. The van der Waals surface area contributed by atoms with E-state index in [0.29, 0.717) is 33.5 Å². The number of fused-ring (bicyclic) bond motifs is 2. The summed E-state index contributed by atoms with van der Waals surface area (Å²) in [6, 6.07) is 8.55. The number of sulfonamides is 1. The maximum Gasteiger partial charge on any atom is 0.229 e. The van der Waals surface area contributed by atoms with Crippen LogP contribution in [-0.4, -0.2) is 39.7 Å². The lowest BCUT2D eigenvalue weighted by atomic mass is 10.1. The van der Waals surface area contributed by atoms with Crippen LogP contribution in [0, 0.1) is 0 Å². The van der Waals surface area contributed by atoms with Crippen LogP contribution in [0.25, 0.3) is 33.3 Å². The largest absolute Gasteiger partial charge is 0.494 e. The van der Waals surface area contributed by atoms with Crippen LogP contribution < -0.4 is 4.72 Å². The number of hydrogen-bond acceptors (Lipinski definition) is 5. The minimum absolute atomic E-state index is 0.0381. The van der Waals surface area contributed by atoms with Gasteiger partial charge in [-0.1, -0.05) is 0 Å². The van der Waals surface area contributed by atoms with Gasteiger partial charge in [-0.05, 0) is 30.3 Å². The molecule has 0 radical (unpaired) electrons. The van der Waals surface area contributed by atoms with Crippen molar-refractivity contribution in [1.82, 2.24) is 19.9 Å². The first-order chi connectivity index (χ1) is 11.4. The minimum atomic E-state index is -3.39. The van der Waals surface area contributed by atoms with Gasteiger partial charge in [-0.25, -0.2) is 18.4 Å². The van der Waals surface area contributed by atoms with E-state index in [1.807, 2.05) is 6.07 Å². The maximum atomic E-state index is 11.4. The fourth-order valence-corrected chi connectivity index (χ4v) is 3.23. The highest BCUT2D eigenvalue weighted by atomic mass is 32.2. The van der Waals surface area contributed by atoms with E-state index in [1.54, 1.807) is 30.6 Å². The van der Waals surface area contributed by atoms with Crippen molar-refractivity contribution in [1.29, 1.82) is 0 Å². The second-order valence-electron chi connectivity index (χ2n) is 5.45. The van der Waals surface area contributed by atoms with Crippen LogP contribution in [0.3, 0.4) is 0 Å². The van der Waals surface area contributed by atoms with Crippen LogP contribution in [0.15, 0.2) is 36.7 Å². The number of aromatic amines is 2. The lowest BCUT2D eigenvalue weighted by molar-refractivity contribution is 0.460. The van der Waals surface area contributed by atoms with Crippen molar-refractivity contribution >= 4 is 37.8 Å². The summed E-state index contributed by atoms with van der Waals surface area (Å²) in [5, 5.41) is 10.9. The first-order valence-electron chi connectivity index (χ1n) is 7.04. The zero-order chi connectivity index (χ0) is 16.9. The molecule has 4 N–H and O–H groups in total. The van der Waals surface area contributed by atoms with Crippen LogP contribution in [0.4, 0.5) is 5.69 Å². The summed E-state index contributed by atoms with van der Waals surface area (Å²) in [4.78, 5) is 14.4. The summed E-state index contributed by atoms with van der Waals surface area (Å²) >= 11 is 0. The van der Waals surface area contributed by atoms with Crippen LogP contribution in [0.1, 0.15) is 0 Å². The highest BCUT2D eigenvalue weighted by Crippen LogP contribution is 2.37. The predicted octanol–water partition coefficient (Wildman–Crippen LogP) is 2.18. The van der Waals surface area contributed by atoms with Crippen molar-refractivity contribution in [3.63, 3.8) is 0 Å². The molecule has 0 fully saturated rings. The fourth-order valence-electron chi connectivity index (χ4n) is 2.68. The molecule has 1 aromatic carbocycles. The number of imidazole rings is 1. The van der Waals surface area contributed by atoms with Gasteiger partial charge in [-0.2, -0.15) is 0 Å². The van der Waals surface area contributed by atoms with Crippen LogP contribution >= 0.6 is 0 Å². The Hall–Kier alpha value is -3.07. The minimum Gasteiger partial charge on any atom is -0.494 e. The van der Waals surface area contributed by atoms with Gasteiger partial charge in [0.15, 0.2) is 11.5 Å². The molecular formula is C15H13N5O3S. The molecule has 3 aromatic heterocycles. The Morgan fingerprint density at radius 1 is 1.17 bits per heavy atom. The topological polar surface area (TPSA) is 124 Å². The Balaban J connectivity index is 1.92. The SMILES string of the molecule is CS(=O)(=O)Nc1ccc2[nH]c(O)c(-c3ccc4[nH]cnc4n3)c2c1. The molecule has 0 saturated heterocycles. The number of anilines is 1. The summed E-state index contributed by atoms with van der Waals surface area (Å²) in [5.74, 6) is -0.0381. The lowest BCUT2D eigenvalue weighted by Gasteiger charge is -2.05. The highest BCUT2D eigenvalue weighted by molar-refractivity contribution is 7.92. The van der Waals surface area contributed by atoms with Crippen LogP contribution in [0.2, 0.25) is 0 Å². The molecule has 122 valence electrons. The van der Waals surface area contributed by atoms with Gasteiger partial charge in [-0.15, -0.1) is 0 Å². The van der Waals surface area contributed by atoms with Gasteiger partial charge in [0.2, 0.25) is 10.0 Å². The van der Waals surface area contributed by atoms with Gasteiger partial charge in [-0.3, -0.25) is 4.72 Å².